The fourth-order valence-corrected chi connectivity index (χ4v) is 1.86. The Hall–Kier alpha value is -1.30. The van der Waals surface area contributed by atoms with Crippen molar-refractivity contribution in [2.45, 2.75) is 26.8 Å². The van der Waals surface area contributed by atoms with Crippen LogP contribution in [-0.4, -0.2) is 21.9 Å². The molecule has 0 bridgehead atoms. The lowest BCUT2D eigenvalue weighted by molar-refractivity contribution is -0.119. The van der Waals surface area contributed by atoms with Gasteiger partial charge in [0.2, 0.25) is 11.9 Å². The van der Waals surface area contributed by atoms with Crippen molar-refractivity contribution in [1.29, 1.82) is 0 Å². The quantitative estimate of drug-likeness (QED) is 0.796. The molecule has 0 saturated carbocycles. The van der Waals surface area contributed by atoms with E-state index >= 15 is 0 Å². The second-order valence-electron chi connectivity index (χ2n) is 5.55. The molecule has 0 spiro atoms. The van der Waals surface area contributed by atoms with Crippen LogP contribution in [0.2, 0.25) is 5.02 Å². The Labute approximate surface area is 128 Å². The Balaban J connectivity index is 0.00000200. The summed E-state index contributed by atoms with van der Waals surface area (Å²) in [6, 6.07) is 4.79. The number of halogens is 2. The zero-order chi connectivity index (χ0) is 14.2. The number of H-pyrrole nitrogens is 1. The van der Waals surface area contributed by atoms with Crippen molar-refractivity contribution >= 4 is 46.9 Å². The molecular weight excluding hydrogens is 299 g/mol. The summed E-state index contributed by atoms with van der Waals surface area (Å²) < 4.78 is 0. The molecule has 1 heterocycles. The molecule has 0 aliphatic rings. The van der Waals surface area contributed by atoms with Gasteiger partial charge in [0.15, 0.2) is 0 Å². The fraction of sp³-hybridized carbons (Fsp3) is 0.385. The number of hydrogen-bond acceptors (Lipinski definition) is 3. The number of aromatic amines is 1. The molecule has 2 aromatic rings. The Morgan fingerprint density at radius 1 is 1.45 bits per heavy atom. The summed E-state index contributed by atoms with van der Waals surface area (Å²) in [4.78, 5) is 19.2. The SMILES string of the molecule is CC(C)(C)[C@H](N)C(=O)Nc1nc2c(Cl)cccc2[nH]1.Cl. The Kier molecular flexibility index (Phi) is 5.02. The van der Waals surface area contributed by atoms with Gasteiger partial charge in [-0.3, -0.25) is 10.1 Å². The average molecular weight is 317 g/mol. The third-order valence-electron chi connectivity index (χ3n) is 2.92. The van der Waals surface area contributed by atoms with E-state index in [4.69, 9.17) is 17.3 Å². The van der Waals surface area contributed by atoms with Crippen molar-refractivity contribution in [3.8, 4) is 0 Å². The van der Waals surface area contributed by atoms with Gasteiger partial charge in [-0.1, -0.05) is 38.4 Å². The maximum atomic E-state index is 12.0. The molecule has 2 rings (SSSR count). The van der Waals surface area contributed by atoms with E-state index in [1.807, 2.05) is 32.9 Å². The molecule has 1 atom stereocenters. The number of fused-ring (bicyclic) bond motifs is 1. The van der Waals surface area contributed by atoms with Gasteiger partial charge in [0.1, 0.15) is 5.52 Å². The monoisotopic (exact) mass is 316 g/mol. The van der Waals surface area contributed by atoms with Crippen LogP contribution in [0.15, 0.2) is 18.2 Å². The number of hydrogen-bond donors (Lipinski definition) is 3. The van der Waals surface area contributed by atoms with Crippen LogP contribution in [0, 0.1) is 5.41 Å². The number of rotatable bonds is 2. The molecule has 110 valence electrons. The molecule has 0 unspecified atom stereocenters. The summed E-state index contributed by atoms with van der Waals surface area (Å²) in [6.07, 6.45) is 0. The van der Waals surface area contributed by atoms with Crippen molar-refractivity contribution in [2.75, 3.05) is 5.32 Å². The summed E-state index contributed by atoms with van der Waals surface area (Å²) in [5.74, 6) is 0.0791. The number of carbonyl (C=O) groups is 1. The van der Waals surface area contributed by atoms with E-state index in [0.717, 1.165) is 5.52 Å². The minimum absolute atomic E-state index is 0. The van der Waals surface area contributed by atoms with Crippen molar-refractivity contribution < 1.29 is 4.79 Å². The van der Waals surface area contributed by atoms with E-state index in [2.05, 4.69) is 15.3 Å². The Bertz CT molecular complexity index is 618. The molecule has 0 saturated heterocycles. The van der Waals surface area contributed by atoms with Gasteiger partial charge in [0.05, 0.1) is 16.6 Å². The highest BCUT2D eigenvalue weighted by Gasteiger charge is 2.28. The molecule has 1 aromatic heterocycles. The van der Waals surface area contributed by atoms with Gasteiger partial charge in [0, 0.05) is 0 Å². The number of nitrogens with two attached hydrogens (primary N) is 1. The lowest BCUT2D eigenvalue weighted by Gasteiger charge is -2.25. The number of benzene rings is 1. The van der Waals surface area contributed by atoms with E-state index in [1.165, 1.54) is 0 Å². The van der Waals surface area contributed by atoms with Gasteiger partial charge in [-0.2, -0.15) is 0 Å². The zero-order valence-corrected chi connectivity index (χ0v) is 13.1. The second kappa shape index (κ2) is 5.99. The molecule has 0 radical (unpaired) electrons. The minimum Gasteiger partial charge on any atom is -0.324 e. The molecule has 5 nitrogen and oxygen atoms in total. The smallest absolute Gasteiger partial charge is 0.244 e. The van der Waals surface area contributed by atoms with E-state index in [9.17, 15) is 4.79 Å². The maximum absolute atomic E-state index is 12.0. The third kappa shape index (κ3) is 3.42. The molecule has 7 heteroatoms. The normalized spacial score (nSPS) is 12.8. The van der Waals surface area contributed by atoms with Crippen LogP contribution in [0.25, 0.3) is 11.0 Å². The van der Waals surface area contributed by atoms with E-state index in [-0.39, 0.29) is 23.7 Å². The second-order valence-corrected chi connectivity index (χ2v) is 5.96. The first-order chi connectivity index (χ1) is 8.79. The maximum Gasteiger partial charge on any atom is 0.244 e. The first kappa shape index (κ1) is 16.8. The van der Waals surface area contributed by atoms with Crippen molar-refractivity contribution in [3.63, 3.8) is 0 Å². The van der Waals surface area contributed by atoms with Gasteiger partial charge in [-0.05, 0) is 17.5 Å². The lowest BCUT2D eigenvalue weighted by Crippen LogP contribution is -2.45. The van der Waals surface area contributed by atoms with Crippen LogP contribution in [0.1, 0.15) is 20.8 Å². The lowest BCUT2D eigenvalue weighted by atomic mass is 9.87. The topological polar surface area (TPSA) is 83.8 Å². The van der Waals surface area contributed by atoms with Gasteiger partial charge >= 0.3 is 0 Å². The van der Waals surface area contributed by atoms with Crippen LogP contribution in [-0.2, 0) is 4.79 Å². The van der Waals surface area contributed by atoms with Crippen LogP contribution < -0.4 is 11.1 Å². The summed E-state index contributed by atoms with van der Waals surface area (Å²) in [6.45, 7) is 5.73. The number of nitrogens with one attached hydrogen (secondary N) is 2. The average Bonchev–Trinajstić information content (AvgIpc) is 2.70. The number of imidazole rings is 1. The summed E-state index contributed by atoms with van der Waals surface area (Å²) in [7, 11) is 0. The van der Waals surface area contributed by atoms with Crippen LogP contribution in [0.4, 0.5) is 5.95 Å². The van der Waals surface area contributed by atoms with E-state index in [1.54, 1.807) is 6.07 Å². The minimum atomic E-state index is -0.615. The van der Waals surface area contributed by atoms with E-state index < -0.39 is 6.04 Å². The van der Waals surface area contributed by atoms with Gasteiger partial charge in [-0.15, -0.1) is 12.4 Å². The number of para-hydroxylation sites is 1. The fourth-order valence-electron chi connectivity index (χ4n) is 1.64. The highest BCUT2D eigenvalue weighted by Crippen LogP contribution is 2.23. The number of amides is 1. The van der Waals surface area contributed by atoms with Gasteiger partial charge in [-0.25, -0.2) is 4.98 Å². The molecule has 0 aliphatic carbocycles. The van der Waals surface area contributed by atoms with Crippen molar-refractivity contribution in [2.24, 2.45) is 11.1 Å². The molecule has 20 heavy (non-hydrogen) atoms. The highest BCUT2D eigenvalue weighted by atomic mass is 35.5. The predicted octanol–water partition coefficient (Wildman–Crippen LogP) is 2.95. The van der Waals surface area contributed by atoms with Gasteiger partial charge in [0.25, 0.3) is 0 Å². The number of anilines is 1. The molecular formula is C13H18Cl2N4O. The molecule has 0 fully saturated rings. The first-order valence-electron chi connectivity index (χ1n) is 6.00. The van der Waals surface area contributed by atoms with Crippen LogP contribution in [0.3, 0.4) is 0 Å². The predicted molar refractivity (Wildman–Crippen MR) is 84.4 cm³/mol. The van der Waals surface area contributed by atoms with Crippen LogP contribution >= 0.6 is 24.0 Å². The first-order valence-corrected chi connectivity index (χ1v) is 6.37. The summed E-state index contributed by atoms with van der Waals surface area (Å²) >= 11 is 6.02. The third-order valence-corrected chi connectivity index (χ3v) is 3.23. The van der Waals surface area contributed by atoms with Crippen molar-refractivity contribution in [3.05, 3.63) is 23.2 Å². The molecule has 1 aromatic carbocycles. The Morgan fingerprint density at radius 2 is 2.10 bits per heavy atom. The summed E-state index contributed by atoms with van der Waals surface area (Å²) in [5, 5.41) is 3.21. The van der Waals surface area contributed by atoms with Crippen molar-refractivity contribution in [1.82, 2.24) is 9.97 Å². The molecule has 4 N–H and O–H groups in total. The summed E-state index contributed by atoms with van der Waals surface area (Å²) in [5.41, 5.74) is 6.97. The standard InChI is InChI=1S/C13H17ClN4O.ClH/c1-13(2,3)10(15)11(19)18-12-16-8-6-4-5-7(14)9(8)17-12;/h4-6,10H,15H2,1-3H3,(H2,16,17,18,19);1H/t10-;/m1./s1. The number of aromatic nitrogens is 2. The molecule has 0 aliphatic heterocycles. The van der Waals surface area contributed by atoms with Crippen LogP contribution in [0.5, 0.6) is 0 Å². The number of carbonyl (C=O) groups excluding carboxylic acids is 1. The number of nitrogens with zero attached hydrogens (tertiary/aromatic N) is 1. The largest absolute Gasteiger partial charge is 0.324 e. The highest BCUT2D eigenvalue weighted by molar-refractivity contribution is 6.35. The van der Waals surface area contributed by atoms with Gasteiger partial charge < -0.3 is 10.7 Å². The Morgan fingerprint density at radius 3 is 2.65 bits per heavy atom. The zero-order valence-electron chi connectivity index (χ0n) is 11.5. The van der Waals surface area contributed by atoms with E-state index in [0.29, 0.717) is 16.5 Å². The molecule has 1 amide bonds.